The predicted molar refractivity (Wildman–Crippen MR) is 180 cm³/mol. The summed E-state index contributed by atoms with van der Waals surface area (Å²) in [6.45, 7) is 12.4. The fourth-order valence-electron chi connectivity index (χ4n) is 4.08. The lowest BCUT2D eigenvalue weighted by molar-refractivity contribution is -0.142. The third-order valence-corrected chi connectivity index (χ3v) is 6.64. The molecule has 0 aliphatic rings. The van der Waals surface area contributed by atoms with Gasteiger partial charge < -0.3 is 28.8 Å². The minimum atomic E-state index is -1.04. The molecule has 0 saturated carbocycles. The quantitative estimate of drug-likeness (QED) is 0.0454. The average Bonchev–Trinajstić information content (AvgIpc) is 3.07. The minimum absolute atomic E-state index is 0.0342. The lowest BCUT2D eigenvalue weighted by Crippen LogP contribution is -2.18. The van der Waals surface area contributed by atoms with Crippen LogP contribution in [-0.4, -0.2) is 56.4 Å². The molecular formula is C38H44O8. The number of carbonyl (C=O) groups excluding carboxylic acids is 2. The molecule has 8 heteroatoms. The molecule has 0 aliphatic carbocycles. The van der Waals surface area contributed by atoms with Gasteiger partial charge in [0, 0.05) is 24.2 Å². The molecule has 46 heavy (non-hydrogen) atoms. The van der Waals surface area contributed by atoms with Gasteiger partial charge in [-0.2, -0.15) is 0 Å². The van der Waals surface area contributed by atoms with Crippen molar-refractivity contribution < 1.29 is 38.4 Å². The van der Waals surface area contributed by atoms with E-state index >= 15 is 0 Å². The largest absolute Gasteiger partial charge is 0.494 e. The first-order valence-corrected chi connectivity index (χ1v) is 15.5. The first kappa shape index (κ1) is 35.8. The molecule has 0 amide bonds. The number of carbonyl (C=O) groups is 2. The topological polar surface area (TPSA) is 101 Å². The Morgan fingerprint density at radius 1 is 0.696 bits per heavy atom. The Bertz CT molecular complexity index is 1420. The second-order valence-corrected chi connectivity index (χ2v) is 10.6. The zero-order valence-electron chi connectivity index (χ0n) is 26.7. The highest BCUT2D eigenvalue weighted by Crippen LogP contribution is 2.24. The van der Waals surface area contributed by atoms with Gasteiger partial charge in [-0.05, 0) is 72.7 Å². The van der Waals surface area contributed by atoms with Crippen LogP contribution in [0, 0.1) is 0 Å². The van der Waals surface area contributed by atoms with Crippen LogP contribution in [0.5, 0.6) is 11.5 Å². The summed E-state index contributed by atoms with van der Waals surface area (Å²) in [7, 11) is 0. The van der Waals surface area contributed by atoms with E-state index in [2.05, 4.69) is 43.5 Å². The van der Waals surface area contributed by atoms with Gasteiger partial charge in [-0.1, -0.05) is 80.8 Å². The normalized spacial score (nSPS) is 11.5. The number of ether oxygens (including phenoxy) is 5. The molecule has 0 bridgehead atoms. The van der Waals surface area contributed by atoms with Crippen LogP contribution in [0.4, 0.5) is 0 Å². The Morgan fingerprint density at radius 3 is 1.78 bits per heavy atom. The Kier molecular flexibility index (Phi) is 15.3. The molecule has 1 unspecified atom stereocenters. The summed E-state index contributed by atoms with van der Waals surface area (Å²) < 4.78 is 26.8. The molecule has 8 nitrogen and oxygen atoms in total. The van der Waals surface area contributed by atoms with Gasteiger partial charge in [-0.25, -0.2) is 9.59 Å². The number of rotatable bonds is 20. The van der Waals surface area contributed by atoms with Crippen LogP contribution in [0.25, 0.3) is 23.3 Å². The summed E-state index contributed by atoms with van der Waals surface area (Å²) in [5, 5.41) is 9.72. The van der Waals surface area contributed by atoms with Gasteiger partial charge in [-0.15, -0.1) is 0 Å². The SMILES string of the molecule is C=C(C)C(=O)OCCOc1ccc(/C=C/c2ccc(-c3ccc(OCCCCOC(=O)C(=C)CC(O)OCCC)cc3)cc2)cc1. The first-order valence-electron chi connectivity index (χ1n) is 15.5. The summed E-state index contributed by atoms with van der Waals surface area (Å²) in [5.41, 5.74) is 4.87. The first-order chi connectivity index (χ1) is 22.2. The molecular weight excluding hydrogens is 584 g/mol. The van der Waals surface area contributed by atoms with Gasteiger partial charge in [0.15, 0.2) is 6.29 Å². The molecule has 1 N–H and O–H groups in total. The van der Waals surface area contributed by atoms with E-state index in [0.717, 1.165) is 40.8 Å². The molecule has 244 valence electrons. The van der Waals surface area contributed by atoms with E-state index in [1.807, 2.05) is 61.5 Å². The molecule has 0 radical (unpaired) electrons. The molecule has 0 fully saturated rings. The second-order valence-electron chi connectivity index (χ2n) is 10.6. The van der Waals surface area contributed by atoms with Crippen LogP contribution >= 0.6 is 0 Å². The smallest absolute Gasteiger partial charge is 0.333 e. The number of hydrogen-bond donors (Lipinski definition) is 1. The van der Waals surface area contributed by atoms with Gasteiger partial charge >= 0.3 is 11.9 Å². The standard InChI is InChI=1S/C38H44O8/c1-5-22-44-36(39)27-29(4)38(41)45-24-7-6-23-42-35-20-16-33(17-21-35)32-14-10-30(11-15-32)8-9-31-12-18-34(19-13-31)43-25-26-46-37(40)28(2)3/h8-21,36,39H,2,4-7,22-27H2,1,3H3/b9-8+. The predicted octanol–water partition coefficient (Wildman–Crippen LogP) is 7.42. The Balaban J connectivity index is 1.34. The van der Waals surface area contributed by atoms with Gasteiger partial charge in [0.05, 0.1) is 13.2 Å². The number of hydrogen-bond acceptors (Lipinski definition) is 8. The van der Waals surface area contributed by atoms with Crippen molar-refractivity contribution in [3.8, 4) is 22.6 Å². The highest BCUT2D eigenvalue weighted by molar-refractivity contribution is 5.87. The number of aliphatic hydroxyl groups excluding tert-OH is 1. The highest BCUT2D eigenvalue weighted by atomic mass is 16.6. The maximum atomic E-state index is 12.0. The van der Waals surface area contributed by atoms with E-state index < -0.39 is 18.2 Å². The maximum absolute atomic E-state index is 12.0. The van der Waals surface area contributed by atoms with Gasteiger partial charge in [0.1, 0.15) is 24.7 Å². The van der Waals surface area contributed by atoms with Crippen molar-refractivity contribution in [2.75, 3.05) is 33.0 Å². The molecule has 3 aromatic rings. The van der Waals surface area contributed by atoms with E-state index in [0.29, 0.717) is 31.0 Å². The molecule has 0 heterocycles. The molecule has 1 atom stereocenters. The fraction of sp³-hybridized carbons (Fsp3) is 0.316. The lowest BCUT2D eigenvalue weighted by atomic mass is 10.0. The van der Waals surface area contributed by atoms with Crippen molar-refractivity contribution >= 4 is 24.1 Å². The van der Waals surface area contributed by atoms with Crippen LogP contribution in [-0.2, 0) is 23.8 Å². The summed E-state index contributed by atoms with van der Waals surface area (Å²) in [6, 6.07) is 24.0. The van der Waals surface area contributed by atoms with Crippen molar-refractivity contribution in [2.45, 2.75) is 45.8 Å². The summed E-state index contributed by atoms with van der Waals surface area (Å²) >= 11 is 0. The molecule has 3 aromatic carbocycles. The monoisotopic (exact) mass is 628 g/mol. The van der Waals surface area contributed by atoms with Gasteiger partial charge in [0.25, 0.3) is 0 Å². The number of esters is 2. The van der Waals surface area contributed by atoms with Crippen LogP contribution in [0.1, 0.15) is 50.7 Å². The second kappa shape index (κ2) is 19.7. The number of unbranched alkanes of at least 4 members (excludes halogenated alkanes) is 1. The van der Waals surface area contributed by atoms with Crippen molar-refractivity contribution in [3.63, 3.8) is 0 Å². The van der Waals surface area contributed by atoms with Crippen molar-refractivity contribution in [1.82, 2.24) is 0 Å². The number of aliphatic hydroxyl groups is 1. The summed E-state index contributed by atoms with van der Waals surface area (Å²) in [4.78, 5) is 23.4. The average molecular weight is 629 g/mol. The Hall–Kier alpha value is -4.66. The van der Waals surface area contributed by atoms with Gasteiger partial charge in [0.2, 0.25) is 0 Å². The zero-order chi connectivity index (χ0) is 33.1. The lowest BCUT2D eigenvalue weighted by Gasteiger charge is -2.12. The maximum Gasteiger partial charge on any atom is 0.333 e. The summed E-state index contributed by atoms with van der Waals surface area (Å²) in [6.07, 6.45) is 5.25. The van der Waals surface area contributed by atoms with Gasteiger partial charge in [-0.3, -0.25) is 0 Å². The van der Waals surface area contributed by atoms with E-state index in [1.54, 1.807) is 6.92 Å². The third-order valence-electron chi connectivity index (χ3n) is 6.64. The molecule has 0 aliphatic heterocycles. The molecule has 0 aromatic heterocycles. The third kappa shape index (κ3) is 13.1. The number of benzene rings is 3. The molecule has 0 saturated heterocycles. The Labute approximate surface area is 271 Å². The molecule has 3 rings (SSSR count). The van der Waals surface area contributed by atoms with Crippen LogP contribution < -0.4 is 9.47 Å². The highest BCUT2D eigenvalue weighted by Gasteiger charge is 2.14. The van der Waals surface area contributed by atoms with E-state index in [1.165, 1.54) is 0 Å². The van der Waals surface area contributed by atoms with Crippen molar-refractivity contribution in [3.05, 3.63) is 108 Å². The zero-order valence-corrected chi connectivity index (χ0v) is 26.7. The van der Waals surface area contributed by atoms with Crippen LogP contribution in [0.2, 0.25) is 0 Å². The minimum Gasteiger partial charge on any atom is -0.494 e. The van der Waals surface area contributed by atoms with E-state index in [9.17, 15) is 14.7 Å². The van der Waals surface area contributed by atoms with E-state index in [-0.39, 0.29) is 31.8 Å². The van der Waals surface area contributed by atoms with Crippen LogP contribution in [0.15, 0.2) is 97.1 Å². The van der Waals surface area contributed by atoms with Crippen LogP contribution in [0.3, 0.4) is 0 Å². The van der Waals surface area contributed by atoms with Crippen molar-refractivity contribution in [2.24, 2.45) is 0 Å². The summed E-state index contributed by atoms with van der Waals surface area (Å²) in [5.74, 6) is 0.544. The Morgan fingerprint density at radius 2 is 1.20 bits per heavy atom. The molecule has 0 spiro atoms. The fourth-order valence-corrected chi connectivity index (χ4v) is 4.08. The van der Waals surface area contributed by atoms with Crippen molar-refractivity contribution in [1.29, 1.82) is 0 Å². The van der Waals surface area contributed by atoms with E-state index in [4.69, 9.17) is 23.7 Å².